The normalized spacial score (nSPS) is 16.6. The molecule has 3 heterocycles. The Morgan fingerprint density at radius 1 is 1.48 bits per heavy atom. The zero-order valence-corrected chi connectivity index (χ0v) is 14.8. The molecule has 7 nitrogen and oxygen atoms in total. The fourth-order valence-electron chi connectivity index (χ4n) is 2.71. The maximum atomic E-state index is 12.9. The second kappa shape index (κ2) is 8.17. The monoisotopic (exact) mass is 360 g/mol. The van der Waals surface area contributed by atoms with Crippen LogP contribution in [0.15, 0.2) is 29.9 Å². The fourth-order valence-corrected chi connectivity index (χ4v) is 3.44. The van der Waals surface area contributed by atoms with E-state index in [1.54, 1.807) is 22.7 Å². The van der Waals surface area contributed by atoms with Crippen LogP contribution in [0.4, 0.5) is 5.13 Å². The van der Waals surface area contributed by atoms with Crippen molar-refractivity contribution < 1.29 is 14.3 Å². The SMILES string of the molecule is CC(=O)Nc1nc(C(=O)N(Cc2cccnc2)CC2CCCO2)cs1. The highest BCUT2D eigenvalue weighted by Crippen LogP contribution is 2.20. The molecule has 1 unspecified atom stereocenters. The van der Waals surface area contributed by atoms with Crippen LogP contribution >= 0.6 is 11.3 Å². The Balaban J connectivity index is 1.75. The number of pyridine rings is 1. The van der Waals surface area contributed by atoms with Crippen LogP contribution in [0, 0.1) is 0 Å². The molecule has 2 aromatic heterocycles. The van der Waals surface area contributed by atoms with Gasteiger partial charge in [0.2, 0.25) is 5.91 Å². The summed E-state index contributed by atoms with van der Waals surface area (Å²) in [6.45, 7) is 3.11. The van der Waals surface area contributed by atoms with Gasteiger partial charge in [-0.2, -0.15) is 0 Å². The fraction of sp³-hybridized carbons (Fsp3) is 0.412. The Morgan fingerprint density at radius 3 is 3.04 bits per heavy atom. The third-order valence-electron chi connectivity index (χ3n) is 3.84. The lowest BCUT2D eigenvalue weighted by Gasteiger charge is -2.24. The zero-order valence-electron chi connectivity index (χ0n) is 14.0. The van der Waals surface area contributed by atoms with Gasteiger partial charge in [0.15, 0.2) is 5.13 Å². The van der Waals surface area contributed by atoms with Crippen molar-refractivity contribution in [1.82, 2.24) is 14.9 Å². The van der Waals surface area contributed by atoms with E-state index in [9.17, 15) is 9.59 Å². The van der Waals surface area contributed by atoms with Crippen molar-refractivity contribution in [1.29, 1.82) is 0 Å². The summed E-state index contributed by atoms with van der Waals surface area (Å²) in [5.74, 6) is -0.382. The summed E-state index contributed by atoms with van der Waals surface area (Å²) in [4.78, 5) is 34.1. The molecule has 0 saturated carbocycles. The van der Waals surface area contributed by atoms with Crippen LogP contribution in [0.2, 0.25) is 0 Å². The summed E-state index contributed by atoms with van der Waals surface area (Å²) in [7, 11) is 0. The highest BCUT2D eigenvalue weighted by molar-refractivity contribution is 7.14. The minimum absolute atomic E-state index is 0.0501. The van der Waals surface area contributed by atoms with Gasteiger partial charge >= 0.3 is 0 Å². The van der Waals surface area contributed by atoms with Crippen LogP contribution in [0.3, 0.4) is 0 Å². The predicted molar refractivity (Wildman–Crippen MR) is 94.4 cm³/mol. The first-order chi connectivity index (χ1) is 12.1. The summed E-state index contributed by atoms with van der Waals surface area (Å²) < 4.78 is 5.68. The van der Waals surface area contributed by atoms with Crippen LogP contribution in [0.5, 0.6) is 0 Å². The Labute approximate surface area is 150 Å². The van der Waals surface area contributed by atoms with Crippen LogP contribution in [0.25, 0.3) is 0 Å². The Bertz CT molecular complexity index is 729. The summed E-state index contributed by atoms with van der Waals surface area (Å²) in [6, 6.07) is 3.79. The Morgan fingerprint density at radius 2 is 2.36 bits per heavy atom. The predicted octanol–water partition coefficient (Wildman–Crippen LogP) is 2.32. The van der Waals surface area contributed by atoms with Gasteiger partial charge in [-0.3, -0.25) is 14.6 Å². The average molecular weight is 360 g/mol. The number of carbonyl (C=O) groups excluding carboxylic acids is 2. The summed E-state index contributed by atoms with van der Waals surface area (Å²) in [6.07, 6.45) is 5.47. The number of hydrogen-bond donors (Lipinski definition) is 1. The van der Waals surface area contributed by atoms with Gasteiger partial charge in [0.05, 0.1) is 6.10 Å². The summed E-state index contributed by atoms with van der Waals surface area (Å²) in [5, 5.41) is 4.70. The van der Waals surface area contributed by atoms with E-state index in [0.29, 0.717) is 23.9 Å². The Kier molecular flexibility index (Phi) is 5.72. The lowest BCUT2D eigenvalue weighted by Crippen LogP contribution is -2.37. The maximum absolute atomic E-state index is 12.9. The number of carbonyl (C=O) groups is 2. The van der Waals surface area contributed by atoms with E-state index in [1.807, 2.05) is 12.1 Å². The third kappa shape index (κ3) is 4.83. The Hall–Kier alpha value is -2.32. The van der Waals surface area contributed by atoms with E-state index in [4.69, 9.17) is 4.74 Å². The number of rotatable bonds is 6. The molecule has 1 saturated heterocycles. The van der Waals surface area contributed by atoms with E-state index < -0.39 is 0 Å². The number of nitrogens with one attached hydrogen (secondary N) is 1. The molecular weight excluding hydrogens is 340 g/mol. The molecule has 2 amide bonds. The van der Waals surface area contributed by atoms with Crippen molar-refractivity contribution in [3.8, 4) is 0 Å². The molecule has 0 radical (unpaired) electrons. The molecule has 2 aromatic rings. The van der Waals surface area contributed by atoms with Gasteiger partial charge < -0.3 is 15.0 Å². The summed E-state index contributed by atoms with van der Waals surface area (Å²) >= 11 is 1.24. The molecule has 3 rings (SSSR count). The van der Waals surface area contributed by atoms with Crippen molar-refractivity contribution in [2.24, 2.45) is 0 Å². The highest BCUT2D eigenvalue weighted by atomic mass is 32.1. The van der Waals surface area contributed by atoms with E-state index in [0.717, 1.165) is 25.0 Å². The molecule has 25 heavy (non-hydrogen) atoms. The van der Waals surface area contributed by atoms with Crippen molar-refractivity contribution in [3.63, 3.8) is 0 Å². The largest absolute Gasteiger partial charge is 0.376 e. The number of nitrogens with zero attached hydrogens (tertiary/aromatic N) is 3. The van der Waals surface area contributed by atoms with Crippen molar-refractivity contribution in [2.45, 2.75) is 32.4 Å². The van der Waals surface area contributed by atoms with Crippen LogP contribution in [0.1, 0.15) is 35.8 Å². The minimum atomic E-state index is -0.208. The van der Waals surface area contributed by atoms with E-state index in [-0.39, 0.29) is 17.9 Å². The minimum Gasteiger partial charge on any atom is -0.376 e. The van der Waals surface area contributed by atoms with Gasteiger partial charge in [0.25, 0.3) is 5.91 Å². The molecule has 1 atom stereocenters. The quantitative estimate of drug-likeness (QED) is 0.855. The molecule has 8 heteroatoms. The molecule has 1 aliphatic heterocycles. The van der Waals surface area contributed by atoms with Gasteiger partial charge in [-0.05, 0) is 24.5 Å². The standard InChI is InChI=1S/C17H20N4O3S/c1-12(22)19-17-20-15(11-25-17)16(23)21(10-14-5-3-7-24-14)9-13-4-2-6-18-8-13/h2,4,6,8,11,14H,3,5,7,9-10H2,1H3,(H,19,20,22). The van der Waals surface area contributed by atoms with E-state index >= 15 is 0 Å². The van der Waals surface area contributed by atoms with Crippen molar-refractivity contribution >= 4 is 28.3 Å². The first-order valence-corrected chi connectivity index (χ1v) is 9.02. The number of aromatic nitrogens is 2. The average Bonchev–Trinajstić information content (AvgIpc) is 3.26. The lowest BCUT2D eigenvalue weighted by molar-refractivity contribution is -0.114. The first kappa shape index (κ1) is 17.5. The van der Waals surface area contributed by atoms with Gasteiger partial charge in [0.1, 0.15) is 5.69 Å². The smallest absolute Gasteiger partial charge is 0.273 e. The maximum Gasteiger partial charge on any atom is 0.273 e. The van der Waals surface area contributed by atoms with Gasteiger partial charge in [0, 0.05) is 44.4 Å². The molecule has 1 N–H and O–H groups in total. The van der Waals surface area contributed by atoms with Crippen molar-refractivity contribution in [3.05, 3.63) is 41.2 Å². The van der Waals surface area contributed by atoms with Gasteiger partial charge in [-0.15, -0.1) is 11.3 Å². The molecule has 1 aliphatic rings. The molecule has 132 valence electrons. The van der Waals surface area contributed by atoms with Crippen LogP contribution in [-0.4, -0.2) is 45.9 Å². The van der Waals surface area contributed by atoms with E-state index in [2.05, 4.69) is 15.3 Å². The molecule has 0 aliphatic carbocycles. The van der Waals surface area contributed by atoms with Crippen LogP contribution in [-0.2, 0) is 16.1 Å². The second-order valence-corrected chi connectivity index (χ2v) is 6.76. The number of amides is 2. The first-order valence-electron chi connectivity index (χ1n) is 8.14. The highest BCUT2D eigenvalue weighted by Gasteiger charge is 2.25. The van der Waals surface area contributed by atoms with Crippen LogP contribution < -0.4 is 5.32 Å². The topological polar surface area (TPSA) is 84.4 Å². The summed E-state index contributed by atoms with van der Waals surface area (Å²) in [5.41, 5.74) is 1.28. The number of ether oxygens (including phenoxy) is 1. The molecule has 1 fully saturated rings. The van der Waals surface area contributed by atoms with Crippen molar-refractivity contribution in [2.75, 3.05) is 18.5 Å². The second-order valence-electron chi connectivity index (χ2n) is 5.90. The molecular formula is C17H20N4O3S. The number of thiazole rings is 1. The van der Waals surface area contributed by atoms with E-state index in [1.165, 1.54) is 18.3 Å². The van der Waals surface area contributed by atoms with Gasteiger partial charge in [-0.1, -0.05) is 6.07 Å². The number of anilines is 1. The number of hydrogen-bond acceptors (Lipinski definition) is 6. The van der Waals surface area contributed by atoms with Gasteiger partial charge in [-0.25, -0.2) is 4.98 Å². The molecule has 0 bridgehead atoms. The third-order valence-corrected chi connectivity index (χ3v) is 4.60. The zero-order chi connectivity index (χ0) is 17.6. The lowest BCUT2D eigenvalue weighted by atomic mass is 10.2. The molecule has 0 aromatic carbocycles. The molecule has 0 spiro atoms.